The molecule has 2 heterocycles. The summed E-state index contributed by atoms with van der Waals surface area (Å²) >= 11 is 0. The van der Waals surface area contributed by atoms with Crippen molar-refractivity contribution in [3.63, 3.8) is 0 Å². The lowest BCUT2D eigenvalue weighted by molar-refractivity contribution is 0.445. The van der Waals surface area contributed by atoms with Gasteiger partial charge in [-0.2, -0.15) is 0 Å². The van der Waals surface area contributed by atoms with E-state index in [2.05, 4.69) is 109 Å². The van der Waals surface area contributed by atoms with Crippen LogP contribution in [0.5, 0.6) is 46.0 Å². The Morgan fingerprint density at radius 2 is 0.561 bits per heavy atom. The molecule has 0 atom stereocenters. The van der Waals surface area contributed by atoms with Gasteiger partial charge in [-0.25, -0.2) is 0 Å². The molecule has 11 aromatic carbocycles. The molecule has 2 spiro atoms. The number of benzene rings is 11. The molecule has 0 fully saturated rings. The monoisotopic (exact) mass is 850 g/mol. The van der Waals surface area contributed by atoms with Crippen LogP contribution in [0.4, 0.5) is 0 Å². The summed E-state index contributed by atoms with van der Waals surface area (Å²) in [5, 5.41) is 49.6. The Balaban J connectivity index is 1.11. The lowest BCUT2D eigenvalue weighted by atomic mass is 9.63. The lowest BCUT2D eigenvalue weighted by Gasteiger charge is -2.41. The Hall–Kier alpha value is -8.74. The zero-order valence-electron chi connectivity index (χ0n) is 34.9. The smallest absolute Gasteiger partial charge is 0.140 e. The predicted molar refractivity (Wildman–Crippen MR) is 258 cm³/mol. The van der Waals surface area contributed by atoms with Crippen molar-refractivity contribution in [3.8, 4) is 68.2 Å². The van der Waals surface area contributed by atoms with Crippen molar-refractivity contribution < 1.29 is 29.9 Å². The second-order valence-electron chi connectivity index (χ2n) is 18.1. The molecule has 0 radical (unpaired) electrons. The molecule has 6 nitrogen and oxygen atoms in total. The molecule has 0 unspecified atom stereocenters. The molecule has 4 N–H and O–H groups in total. The van der Waals surface area contributed by atoms with E-state index in [4.69, 9.17) is 9.47 Å². The van der Waals surface area contributed by atoms with Crippen molar-refractivity contribution in [2.45, 2.75) is 10.8 Å². The first kappa shape index (κ1) is 35.7. The van der Waals surface area contributed by atoms with Gasteiger partial charge in [0.15, 0.2) is 0 Å². The summed E-state index contributed by atoms with van der Waals surface area (Å²) in [6.45, 7) is 0. The largest absolute Gasteiger partial charge is 0.508 e. The topological polar surface area (TPSA) is 99.4 Å². The molecule has 0 bridgehead atoms. The van der Waals surface area contributed by atoms with Gasteiger partial charge in [0.2, 0.25) is 0 Å². The highest BCUT2D eigenvalue weighted by molar-refractivity contribution is 6.04. The second-order valence-corrected chi connectivity index (χ2v) is 18.1. The maximum atomic E-state index is 10.7. The van der Waals surface area contributed by atoms with Crippen molar-refractivity contribution in [3.05, 3.63) is 226 Å². The van der Waals surface area contributed by atoms with Crippen LogP contribution in [-0.2, 0) is 10.8 Å². The van der Waals surface area contributed by atoms with E-state index in [1.807, 2.05) is 24.3 Å². The summed E-state index contributed by atoms with van der Waals surface area (Å²) in [5.41, 5.74) is 11.3. The first-order valence-electron chi connectivity index (χ1n) is 22.1. The molecule has 0 saturated heterocycles. The van der Waals surface area contributed by atoms with E-state index in [0.29, 0.717) is 0 Å². The number of hydrogen-bond acceptors (Lipinski definition) is 6. The number of ether oxygens (including phenoxy) is 2. The average molecular weight is 851 g/mol. The average Bonchev–Trinajstić information content (AvgIpc) is 3.77. The molecule has 4 aliphatic rings. The van der Waals surface area contributed by atoms with Crippen LogP contribution >= 0.6 is 0 Å². The zero-order valence-corrected chi connectivity index (χ0v) is 34.9. The second kappa shape index (κ2) is 12.1. The van der Waals surface area contributed by atoms with E-state index in [9.17, 15) is 20.4 Å². The SMILES string of the molecule is Oc1ccc2c3c(ccc2c1)C1(c2ccccc2-c2cc4c(cc21)-c1ccccc1C41c2ccc4cc(O)ccc4c2Oc2c1ccc1cc(O)ccc21)c1ccc2cc(O)ccc2c1O3. The number of fused-ring (bicyclic) bond motifs is 26. The van der Waals surface area contributed by atoms with E-state index in [0.717, 1.165) is 133 Å². The quantitative estimate of drug-likeness (QED) is 0.121. The van der Waals surface area contributed by atoms with Crippen LogP contribution in [0, 0.1) is 0 Å². The van der Waals surface area contributed by atoms with Crippen LogP contribution in [0.3, 0.4) is 0 Å². The van der Waals surface area contributed by atoms with Gasteiger partial charge in [-0.05, 0) is 151 Å². The van der Waals surface area contributed by atoms with E-state index in [-0.39, 0.29) is 23.0 Å². The van der Waals surface area contributed by atoms with Crippen LogP contribution in [0.2, 0.25) is 0 Å². The molecule has 310 valence electrons. The fraction of sp³-hybridized carbons (Fsp3) is 0.0333. The minimum absolute atomic E-state index is 0.183. The van der Waals surface area contributed by atoms with Gasteiger partial charge in [0.25, 0.3) is 0 Å². The first-order chi connectivity index (χ1) is 32.3. The lowest BCUT2D eigenvalue weighted by Crippen LogP contribution is -2.33. The van der Waals surface area contributed by atoms with Crippen molar-refractivity contribution in [2.75, 3.05) is 0 Å². The van der Waals surface area contributed by atoms with Crippen LogP contribution in [0.15, 0.2) is 182 Å². The third kappa shape index (κ3) is 4.18. The van der Waals surface area contributed by atoms with Crippen molar-refractivity contribution in [1.29, 1.82) is 0 Å². The minimum atomic E-state index is -0.839. The van der Waals surface area contributed by atoms with E-state index in [1.54, 1.807) is 48.5 Å². The summed E-state index contributed by atoms with van der Waals surface area (Å²) < 4.78 is 14.4. The minimum Gasteiger partial charge on any atom is -0.508 e. The van der Waals surface area contributed by atoms with E-state index >= 15 is 0 Å². The highest BCUT2D eigenvalue weighted by Gasteiger charge is 2.56. The maximum Gasteiger partial charge on any atom is 0.140 e. The van der Waals surface area contributed by atoms with Gasteiger partial charge in [0.05, 0.1) is 10.8 Å². The van der Waals surface area contributed by atoms with Crippen LogP contribution in [0.1, 0.15) is 44.5 Å². The number of aromatic hydroxyl groups is 4. The van der Waals surface area contributed by atoms with Gasteiger partial charge in [-0.15, -0.1) is 0 Å². The maximum absolute atomic E-state index is 10.7. The van der Waals surface area contributed by atoms with Crippen LogP contribution < -0.4 is 9.47 Å². The summed E-state index contributed by atoms with van der Waals surface area (Å²) in [6.07, 6.45) is 0. The summed E-state index contributed by atoms with van der Waals surface area (Å²) in [6, 6.07) is 61.2. The normalized spacial score (nSPS) is 14.8. The summed E-state index contributed by atoms with van der Waals surface area (Å²) in [7, 11) is 0. The molecule has 6 heteroatoms. The Kier molecular flexibility index (Phi) is 6.53. The molecule has 0 saturated carbocycles. The fourth-order valence-electron chi connectivity index (χ4n) is 12.5. The Bertz CT molecular complexity index is 3620. The van der Waals surface area contributed by atoms with E-state index < -0.39 is 10.8 Å². The first-order valence-corrected chi connectivity index (χ1v) is 22.1. The highest BCUT2D eigenvalue weighted by Crippen LogP contribution is 2.69. The van der Waals surface area contributed by atoms with Crippen LogP contribution in [0.25, 0.3) is 65.3 Å². The Morgan fingerprint density at radius 1 is 0.258 bits per heavy atom. The number of hydrogen-bond donors (Lipinski definition) is 4. The zero-order chi connectivity index (χ0) is 43.8. The van der Waals surface area contributed by atoms with Gasteiger partial charge in [0.1, 0.15) is 46.0 Å². The predicted octanol–water partition coefficient (Wildman–Crippen LogP) is 14.1. The fourth-order valence-corrected chi connectivity index (χ4v) is 12.5. The molecule has 0 amide bonds. The third-order valence-corrected chi connectivity index (χ3v) is 15.0. The molecule has 66 heavy (non-hydrogen) atoms. The summed E-state index contributed by atoms with van der Waals surface area (Å²) in [5.74, 6) is 3.63. The number of phenolic OH excluding ortho intramolecular Hbond substituents is 4. The van der Waals surface area contributed by atoms with Gasteiger partial charge in [-0.3, -0.25) is 0 Å². The highest BCUT2D eigenvalue weighted by atomic mass is 16.5. The number of phenols is 4. The third-order valence-electron chi connectivity index (χ3n) is 15.0. The van der Waals surface area contributed by atoms with Crippen molar-refractivity contribution in [1.82, 2.24) is 0 Å². The van der Waals surface area contributed by atoms with Gasteiger partial charge in [-0.1, -0.05) is 97.1 Å². The molecule has 2 aliphatic carbocycles. The summed E-state index contributed by atoms with van der Waals surface area (Å²) in [4.78, 5) is 0. The van der Waals surface area contributed by atoms with Crippen LogP contribution in [-0.4, -0.2) is 20.4 Å². The number of rotatable bonds is 0. The molecule has 0 aromatic heterocycles. The molecular formula is C60H34O6. The Labute approximate surface area is 377 Å². The van der Waals surface area contributed by atoms with Crippen molar-refractivity contribution >= 4 is 43.1 Å². The molecular weight excluding hydrogens is 817 g/mol. The van der Waals surface area contributed by atoms with E-state index in [1.165, 1.54) is 0 Å². The molecule has 2 aliphatic heterocycles. The van der Waals surface area contributed by atoms with Gasteiger partial charge >= 0.3 is 0 Å². The van der Waals surface area contributed by atoms with Gasteiger partial charge in [0, 0.05) is 43.8 Å². The standard InChI is InChI=1S/C60H34O6/c61-35-13-17-39-31(25-35)9-21-49-55(39)65-56-40-18-14-36(62)26-32(40)10-22-50(56)59(49)47-7-3-1-5-43(47)45-29-54-46(30-53(45)59)44-6-2-4-8-48(44)60(54)51-23-11-33-27-37(63)15-19-41(33)57(51)66-58-42-20-16-38(64)28-34(42)12-24-52(58)60/h1-30,61-64H. The molecule has 15 rings (SSSR count). The van der Waals surface area contributed by atoms with Crippen molar-refractivity contribution in [2.24, 2.45) is 0 Å². The Morgan fingerprint density at radius 3 is 0.879 bits per heavy atom. The molecule has 11 aromatic rings. The van der Waals surface area contributed by atoms with Gasteiger partial charge < -0.3 is 29.9 Å².